The number of hydrogen-bond acceptors (Lipinski definition) is 6. The first kappa shape index (κ1) is 18.2. The van der Waals surface area contributed by atoms with Crippen LogP contribution in [-0.4, -0.2) is 44.4 Å². The minimum absolute atomic E-state index is 0.0398. The molecule has 1 atom stereocenters. The Morgan fingerprint density at radius 1 is 1.36 bits per heavy atom. The number of piperidine rings is 1. The summed E-state index contributed by atoms with van der Waals surface area (Å²) in [6.07, 6.45) is 3.19. The zero-order valence-corrected chi connectivity index (χ0v) is 15.7. The van der Waals surface area contributed by atoms with Crippen molar-refractivity contribution in [2.24, 2.45) is 12.8 Å². The van der Waals surface area contributed by atoms with Crippen LogP contribution in [0, 0.1) is 5.41 Å². The number of aromatic amines is 1. The first-order valence-electron chi connectivity index (χ1n) is 9.28. The molecule has 28 heavy (non-hydrogen) atoms. The third kappa shape index (κ3) is 3.03. The van der Waals surface area contributed by atoms with E-state index in [0.717, 1.165) is 30.5 Å². The highest BCUT2D eigenvalue weighted by Crippen LogP contribution is 2.24. The maximum atomic E-state index is 12.7. The molecule has 9 nitrogen and oxygen atoms in total. The number of hydrogen-bond donors (Lipinski definition) is 3. The molecule has 0 unspecified atom stereocenters. The summed E-state index contributed by atoms with van der Waals surface area (Å²) in [5.41, 5.74) is 7.55. The van der Waals surface area contributed by atoms with Gasteiger partial charge in [-0.05, 0) is 24.0 Å². The number of H-pyrrole nitrogens is 1. The normalized spacial score (nSPS) is 17.2. The maximum Gasteiger partial charge on any atom is 0.329 e. The molecule has 146 valence electrons. The van der Waals surface area contributed by atoms with Crippen molar-refractivity contribution in [3.05, 3.63) is 56.2 Å². The van der Waals surface area contributed by atoms with E-state index in [2.05, 4.69) is 14.9 Å². The third-order valence-corrected chi connectivity index (χ3v) is 5.27. The van der Waals surface area contributed by atoms with Gasteiger partial charge >= 0.3 is 5.69 Å². The SMILES string of the molecule is Cn1c(=O)[nH]c(=O)c2c1nc(N1CCC[C@@H](N)C1)n2Cc1ccccc1C=N. The van der Waals surface area contributed by atoms with Crippen molar-refractivity contribution in [2.45, 2.75) is 25.4 Å². The lowest BCUT2D eigenvalue weighted by atomic mass is 10.1. The monoisotopic (exact) mass is 381 g/mol. The van der Waals surface area contributed by atoms with Crippen LogP contribution in [0.4, 0.5) is 5.95 Å². The van der Waals surface area contributed by atoms with Crippen LogP contribution in [0.1, 0.15) is 24.0 Å². The molecule has 0 bridgehead atoms. The average Bonchev–Trinajstić information content (AvgIpc) is 3.06. The van der Waals surface area contributed by atoms with Gasteiger partial charge in [0.05, 0.1) is 6.54 Å². The van der Waals surface area contributed by atoms with E-state index in [1.54, 1.807) is 7.05 Å². The lowest BCUT2D eigenvalue weighted by Gasteiger charge is -2.32. The van der Waals surface area contributed by atoms with E-state index in [-0.39, 0.29) is 6.04 Å². The first-order chi connectivity index (χ1) is 13.5. The second-order valence-corrected chi connectivity index (χ2v) is 7.18. The second kappa shape index (κ2) is 7.08. The summed E-state index contributed by atoms with van der Waals surface area (Å²) < 4.78 is 3.18. The molecule has 2 aromatic heterocycles. The highest BCUT2D eigenvalue weighted by Gasteiger charge is 2.25. The largest absolute Gasteiger partial charge is 0.341 e. The molecule has 1 saturated heterocycles. The number of imidazole rings is 1. The molecule has 4 rings (SSSR count). The topological polar surface area (TPSA) is 126 Å². The maximum absolute atomic E-state index is 12.7. The molecule has 0 spiro atoms. The van der Waals surface area contributed by atoms with Crippen LogP contribution >= 0.6 is 0 Å². The average molecular weight is 381 g/mol. The minimum Gasteiger partial charge on any atom is -0.341 e. The van der Waals surface area contributed by atoms with Gasteiger partial charge in [-0.25, -0.2) is 4.79 Å². The van der Waals surface area contributed by atoms with Gasteiger partial charge in [0.25, 0.3) is 5.56 Å². The highest BCUT2D eigenvalue weighted by atomic mass is 16.2. The number of aromatic nitrogens is 4. The Morgan fingerprint density at radius 3 is 2.89 bits per heavy atom. The van der Waals surface area contributed by atoms with Crippen LogP contribution in [-0.2, 0) is 13.6 Å². The molecule has 1 fully saturated rings. The van der Waals surface area contributed by atoms with E-state index >= 15 is 0 Å². The van der Waals surface area contributed by atoms with Crippen molar-refractivity contribution in [1.82, 2.24) is 19.1 Å². The van der Waals surface area contributed by atoms with Crippen molar-refractivity contribution >= 4 is 23.3 Å². The van der Waals surface area contributed by atoms with Crippen LogP contribution in [0.2, 0.25) is 0 Å². The fraction of sp³-hybridized carbons (Fsp3) is 0.368. The number of fused-ring (bicyclic) bond motifs is 1. The number of benzene rings is 1. The van der Waals surface area contributed by atoms with E-state index in [9.17, 15) is 9.59 Å². The number of aryl methyl sites for hydroxylation is 1. The van der Waals surface area contributed by atoms with E-state index in [1.807, 2.05) is 28.8 Å². The van der Waals surface area contributed by atoms with Gasteiger partial charge in [0, 0.05) is 32.4 Å². The Morgan fingerprint density at radius 2 is 2.14 bits per heavy atom. The van der Waals surface area contributed by atoms with Gasteiger partial charge in [0.2, 0.25) is 5.95 Å². The summed E-state index contributed by atoms with van der Waals surface area (Å²) in [4.78, 5) is 33.8. The van der Waals surface area contributed by atoms with Gasteiger partial charge in [0.1, 0.15) is 0 Å². The fourth-order valence-corrected chi connectivity index (χ4v) is 3.80. The van der Waals surface area contributed by atoms with Crippen molar-refractivity contribution < 1.29 is 0 Å². The Kier molecular flexibility index (Phi) is 4.60. The molecule has 0 radical (unpaired) electrons. The predicted molar refractivity (Wildman–Crippen MR) is 108 cm³/mol. The van der Waals surface area contributed by atoms with Gasteiger partial charge in [-0.3, -0.25) is 18.9 Å². The lowest BCUT2D eigenvalue weighted by molar-refractivity contribution is 0.495. The van der Waals surface area contributed by atoms with Gasteiger partial charge < -0.3 is 16.0 Å². The summed E-state index contributed by atoms with van der Waals surface area (Å²) in [6, 6.07) is 7.60. The quantitative estimate of drug-likeness (QED) is 0.564. The zero-order valence-electron chi connectivity index (χ0n) is 15.7. The van der Waals surface area contributed by atoms with E-state index < -0.39 is 11.2 Å². The van der Waals surface area contributed by atoms with Crippen LogP contribution in [0.3, 0.4) is 0 Å². The molecule has 3 heterocycles. The molecule has 1 aliphatic rings. The number of nitrogens with one attached hydrogen (secondary N) is 2. The van der Waals surface area contributed by atoms with Gasteiger partial charge in [-0.15, -0.1) is 0 Å². The predicted octanol–water partition coefficient (Wildman–Crippen LogP) is 0.397. The van der Waals surface area contributed by atoms with Crippen molar-refractivity contribution in [3.8, 4) is 0 Å². The number of nitrogens with two attached hydrogens (primary N) is 1. The van der Waals surface area contributed by atoms with Crippen molar-refractivity contribution in [3.63, 3.8) is 0 Å². The summed E-state index contributed by atoms with van der Waals surface area (Å²) in [6.45, 7) is 1.79. The van der Waals surface area contributed by atoms with Crippen molar-refractivity contribution in [2.75, 3.05) is 18.0 Å². The minimum atomic E-state index is -0.496. The Bertz CT molecular complexity index is 1160. The number of anilines is 1. The molecule has 0 amide bonds. The smallest absolute Gasteiger partial charge is 0.329 e. The third-order valence-electron chi connectivity index (χ3n) is 5.27. The Balaban J connectivity index is 1.95. The Hall–Kier alpha value is -3.20. The van der Waals surface area contributed by atoms with E-state index in [1.165, 1.54) is 10.8 Å². The highest BCUT2D eigenvalue weighted by molar-refractivity contribution is 5.80. The van der Waals surface area contributed by atoms with Crippen LogP contribution in [0.25, 0.3) is 11.2 Å². The Labute approximate surface area is 160 Å². The fourth-order valence-electron chi connectivity index (χ4n) is 3.80. The van der Waals surface area contributed by atoms with Gasteiger partial charge in [-0.1, -0.05) is 24.3 Å². The van der Waals surface area contributed by atoms with Gasteiger partial charge in [-0.2, -0.15) is 4.98 Å². The molecule has 1 aromatic carbocycles. The molecule has 9 heteroatoms. The number of nitrogens with zero attached hydrogens (tertiary/aromatic N) is 4. The zero-order chi connectivity index (χ0) is 19.8. The molecular formula is C19H23N7O2. The molecule has 0 aliphatic carbocycles. The van der Waals surface area contributed by atoms with Crippen LogP contribution in [0.5, 0.6) is 0 Å². The summed E-state index contributed by atoms with van der Waals surface area (Å²) in [5, 5.41) is 7.67. The molecule has 0 saturated carbocycles. The van der Waals surface area contributed by atoms with E-state index in [0.29, 0.717) is 30.2 Å². The van der Waals surface area contributed by atoms with Crippen molar-refractivity contribution in [1.29, 1.82) is 5.41 Å². The second-order valence-electron chi connectivity index (χ2n) is 7.18. The lowest BCUT2D eigenvalue weighted by Crippen LogP contribution is -2.44. The summed E-state index contributed by atoms with van der Waals surface area (Å²) >= 11 is 0. The molecule has 4 N–H and O–H groups in total. The van der Waals surface area contributed by atoms with E-state index in [4.69, 9.17) is 11.1 Å². The number of rotatable bonds is 4. The standard InChI is InChI=1S/C19H23N7O2/c1-24-16-15(17(27)23-19(24)28)26(10-13-6-3-2-5-12(13)9-20)18(22-16)25-8-4-7-14(21)11-25/h2-3,5-6,9,14,20H,4,7-8,10-11,21H2,1H3,(H,23,27,28)/t14-/m1/s1. The first-order valence-corrected chi connectivity index (χ1v) is 9.28. The van der Waals surface area contributed by atoms with Crippen LogP contribution < -0.4 is 21.9 Å². The molecule has 3 aromatic rings. The van der Waals surface area contributed by atoms with Crippen LogP contribution in [0.15, 0.2) is 33.9 Å². The molecule has 1 aliphatic heterocycles. The summed E-state index contributed by atoms with van der Waals surface area (Å²) in [5.74, 6) is 0.622. The van der Waals surface area contributed by atoms with Gasteiger partial charge in [0.15, 0.2) is 11.2 Å². The molecular weight excluding hydrogens is 358 g/mol. The summed E-state index contributed by atoms with van der Waals surface area (Å²) in [7, 11) is 1.59.